The first-order chi connectivity index (χ1) is 15.2. The van der Waals surface area contributed by atoms with Gasteiger partial charge in [0.1, 0.15) is 17.2 Å². The molecule has 4 fully saturated rings. The summed E-state index contributed by atoms with van der Waals surface area (Å²) in [6.45, 7) is 4.67. The summed E-state index contributed by atoms with van der Waals surface area (Å²) in [7, 11) is 1.97. The van der Waals surface area contributed by atoms with Crippen LogP contribution in [0.5, 0.6) is 0 Å². The largest absolute Gasteiger partial charge is 0.349 e. The Kier molecular flexibility index (Phi) is 5.14. The quantitative estimate of drug-likeness (QED) is 0.703. The number of likely N-dealkylation sites (tertiary alicyclic amines) is 1. The lowest BCUT2D eigenvalue weighted by Gasteiger charge is -2.61. The number of carbonyl (C=O) groups is 2. The Balaban J connectivity index is 1.36. The van der Waals surface area contributed by atoms with Gasteiger partial charge in [0.05, 0.1) is 0 Å². The molecule has 3 saturated carbocycles. The highest BCUT2D eigenvalue weighted by molar-refractivity contribution is 5.95. The third-order valence-electron chi connectivity index (χ3n) is 10.1. The van der Waals surface area contributed by atoms with E-state index in [1.807, 2.05) is 11.9 Å². The van der Waals surface area contributed by atoms with Crippen molar-refractivity contribution in [1.82, 2.24) is 10.2 Å². The van der Waals surface area contributed by atoms with Gasteiger partial charge in [-0.15, -0.1) is 0 Å². The number of hydrogen-bond acceptors (Lipinski definition) is 2. The zero-order chi connectivity index (χ0) is 22.8. The van der Waals surface area contributed by atoms with E-state index in [4.69, 9.17) is 0 Å². The molecule has 4 nitrogen and oxygen atoms in total. The second kappa shape index (κ2) is 7.53. The summed E-state index contributed by atoms with van der Waals surface area (Å²) >= 11 is 0. The number of hydrogen-bond donors (Lipinski definition) is 1. The topological polar surface area (TPSA) is 49.4 Å². The number of fused-ring (bicyclic) bond motifs is 5. The van der Waals surface area contributed by atoms with Crippen molar-refractivity contribution in [3.63, 3.8) is 0 Å². The van der Waals surface area contributed by atoms with Crippen LogP contribution in [0.1, 0.15) is 75.6 Å². The van der Waals surface area contributed by atoms with Crippen molar-refractivity contribution in [1.29, 1.82) is 0 Å². The maximum absolute atomic E-state index is 14.2. The van der Waals surface area contributed by atoms with Crippen molar-refractivity contribution in [2.45, 2.75) is 77.3 Å². The first kappa shape index (κ1) is 21.8. The smallest absolute Gasteiger partial charge is 0.257 e. The average Bonchev–Trinajstić information content (AvgIpc) is 3.07. The van der Waals surface area contributed by atoms with Gasteiger partial charge in [0.25, 0.3) is 5.91 Å². The number of rotatable bonds is 2. The molecule has 0 aromatic heterocycles. The lowest BCUT2D eigenvalue weighted by molar-refractivity contribution is -0.157. The van der Waals surface area contributed by atoms with Crippen LogP contribution < -0.4 is 5.32 Å². The Morgan fingerprint density at radius 2 is 1.69 bits per heavy atom. The minimum Gasteiger partial charge on any atom is -0.349 e. The van der Waals surface area contributed by atoms with Crippen molar-refractivity contribution < 1.29 is 18.4 Å². The monoisotopic (exact) mass is 444 g/mol. The van der Waals surface area contributed by atoms with Gasteiger partial charge in [0.15, 0.2) is 0 Å². The molecule has 1 aliphatic heterocycles. The van der Waals surface area contributed by atoms with E-state index in [2.05, 4.69) is 19.2 Å². The second-order valence-electron chi connectivity index (χ2n) is 11.2. The van der Waals surface area contributed by atoms with Gasteiger partial charge in [0, 0.05) is 25.6 Å². The Morgan fingerprint density at radius 1 is 1.00 bits per heavy atom. The molecular weight excluding hydrogens is 410 g/mol. The van der Waals surface area contributed by atoms with E-state index < -0.39 is 23.1 Å². The molecule has 4 aliphatic rings. The molecule has 0 bridgehead atoms. The minimum absolute atomic E-state index is 0.0574. The van der Waals surface area contributed by atoms with Crippen LogP contribution in [0.15, 0.2) is 18.2 Å². The molecule has 1 aromatic rings. The van der Waals surface area contributed by atoms with Crippen molar-refractivity contribution in [2.24, 2.45) is 28.6 Å². The van der Waals surface area contributed by atoms with Gasteiger partial charge >= 0.3 is 0 Å². The number of carbonyl (C=O) groups excluding carboxylic acids is 2. The standard InChI is InChI=1S/C26H34F2N2O2/c1-25-13-11-17-15(7-10-21-26(17,2)14-12-22(31)30(21)3)16(25)8-9-20(25)29-24(32)23-18(27)5-4-6-19(23)28/h4-6,15-17,20-21H,7-14H2,1-3H3,(H,29,32)/t15-,16-,17+,20?,21?,25-,26+/m0/s1. The molecule has 0 radical (unpaired) electrons. The lowest BCUT2D eigenvalue weighted by atomic mass is 9.47. The van der Waals surface area contributed by atoms with Crippen LogP contribution in [0.3, 0.4) is 0 Å². The summed E-state index contributed by atoms with van der Waals surface area (Å²) in [5.74, 6) is -0.315. The summed E-state index contributed by atoms with van der Waals surface area (Å²) in [6, 6.07) is 3.81. The maximum atomic E-state index is 14.2. The number of amides is 2. The van der Waals surface area contributed by atoms with Gasteiger partial charge in [0.2, 0.25) is 5.91 Å². The molecule has 1 N–H and O–H groups in total. The first-order valence-electron chi connectivity index (χ1n) is 12.2. The number of piperidine rings is 1. The van der Waals surface area contributed by atoms with E-state index in [-0.39, 0.29) is 22.8 Å². The van der Waals surface area contributed by atoms with E-state index in [1.54, 1.807) is 0 Å². The van der Waals surface area contributed by atoms with E-state index in [0.717, 1.165) is 57.1 Å². The first-order valence-corrected chi connectivity index (χ1v) is 12.2. The Bertz CT molecular complexity index is 932. The molecule has 1 heterocycles. The van der Waals surface area contributed by atoms with Crippen LogP contribution in [0, 0.1) is 40.2 Å². The van der Waals surface area contributed by atoms with Crippen LogP contribution in [0.4, 0.5) is 8.78 Å². The molecule has 5 rings (SSSR count). The molecular formula is C26H34F2N2O2. The SMILES string of the molecule is CN1C(=O)CC[C@@]2(C)C1CC[C@@H]1[C@H]2CC[C@]2(C)C(NC(=O)c3c(F)cccc3F)CC[C@@H]12. The fourth-order valence-electron chi connectivity index (χ4n) is 8.33. The number of halogens is 2. The predicted octanol–water partition coefficient (Wildman–Crippen LogP) is 4.93. The normalized spacial score (nSPS) is 41.0. The summed E-state index contributed by atoms with van der Waals surface area (Å²) in [5, 5.41) is 3.02. The highest BCUT2D eigenvalue weighted by atomic mass is 19.1. The zero-order valence-corrected chi connectivity index (χ0v) is 19.3. The Morgan fingerprint density at radius 3 is 2.41 bits per heavy atom. The number of benzene rings is 1. The van der Waals surface area contributed by atoms with Crippen LogP contribution in [-0.2, 0) is 4.79 Å². The predicted molar refractivity (Wildman–Crippen MR) is 118 cm³/mol. The third-order valence-corrected chi connectivity index (χ3v) is 10.1. The van der Waals surface area contributed by atoms with Crippen molar-refractivity contribution in [3.05, 3.63) is 35.4 Å². The van der Waals surface area contributed by atoms with E-state index in [9.17, 15) is 18.4 Å². The molecule has 32 heavy (non-hydrogen) atoms. The van der Waals surface area contributed by atoms with E-state index in [0.29, 0.717) is 30.2 Å². The molecule has 174 valence electrons. The fraction of sp³-hybridized carbons (Fsp3) is 0.692. The average molecular weight is 445 g/mol. The van der Waals surface area contributed by atoms with Gasteiger partial charge < -0.3 is 10.2 Å². The summed E-state index contributed by atoms with van der Waals surface area (Å²) in [5.41, 5.74) is -0.376. The zero-order valence-electron chi connectivity index (χ0n) is 19.3. The highest BCUT2D eigenvalue weighted by Crippen LogP contribution is 2.64. The molecule has 3 aliphatic carbocycles. The van der Waals surface area contributed by atoms with Gasteiger partial charge in [-0.2, -0.15) is 0 Å². The van der Waals surface area contributed by atoms with Gasteiger partial charge in [-0.05, 0) is 85.7 Å². The molecule has 6 heteroatoms. The van der Waals surface area contributed by atoms with Crippen molar-refractivity contribution in [3.8, 4) is 0 Å². The van der Waals surface area contributed by atoms with Crippen LogP contribution in [-0.4, -0.2) is 35.8 Å². The second-order valence-corrected chi connectivity index (χ2v) is 11.2. The maximum Gasteiger partial charge on any atom is 0.257 e. The lowest BCUT2D eigenvalue weighted by Crippen LogP contribution is -2.62. The molecule has 1 saturated heterocycles. The highest BCUT2D eigenvalue weighted by Gasteiger charge is 2.61. The van der Waals surface area contributed by atoms with Crippen LogP contribution in [0.2, 0.25) is 0 Å². The van der Waals surface area contributed by atoms with Gasteiger partial charge in [-0.1, -0.05) is 19.9 Å². The van der Waals surface area contributed by atoms with Crippen molar-refractivity contribution >= 4 is 11.8 Å². The number of nitrogens with one attached hydrogen (secondary N) is 1. The summed E-state index contributed by atoms with van der Waals surface area (Å²) in [6.07, 6.45) is 7.76. The van der Waals surface area contributed by atoms with Crippen LogP contribution >= 0.6 is 0 Å². The van der Waals surface area contributed by atoms with E-state index in [1.165, 1.54) is 6.07 Å². The van der Waals surface area contributed by atoms with Gasteiger partial charge in [-0.3, -0.25) is 9.59 Å². The Hall–Kier alpha value is -1.98. The minimum atomic E-state index is -0.812. The molecule has 2 amide bonds. The summed E-state index contributed by atoms with van der Waals surface area (Å²) < 4.78 is 28.3. The molecule has 0 spiro atoms. The molecule has 7 atom stereocenters. The Labute approximate surface area is 189 Å². The number of nitrogens with zero attached hydrogens (tertiary/aromatic N) is 1. The van der Waals surface area contributed by atoms with E-state index >= 15 is 0 Å². The van der Waals surface area contributed by atoms with Gasteiger partial charge in [-0.25, -0.2) is 8.78 Å². The fourth-order valence-corrected chi connectivity index (χ4v) is 8.33. The van der Waals surface area contributed by atoms with Crippen LogP contribution in [0.25, 0.3) is 0 Å². The summed E-state index contributed by atoms with van der Waals surface area (Å²) in [4.78, 5) is 27.2. The van der Waals surface area contributed by atoms with Crippen molar-refractivity contribution in [2.75, 3.05) is 7.05 Å². The third kappa shape index (κ3) is 3.04. The molecule has 1 aromatic carbocycles. The molecule has 2 unspecified atom stereocenters.